The van der Waals surface area contributed by atoms with E-state index in [1.165, 1.54) is 0 Å². The molecule has 5 heteroatoms. The van der Waals surface area contributed by atoms with E-state index in [1.807, 2.05) is 55.6 Å². The van der Waals surface area contributed by atoms with Crippen LogP contribution in [0.2, 0.25) is 5.02 Å². The lowest BCUT2D eigenvalue weighted by Crippen LogP contribution is -2.34. The van der Waals surface area contributed by atoms with Crippen LogP contribution in [-0.2, 0) is 13.5 Å². The fourth-order valence-electron chi connectivity index (χ4n) is 3.56. The minimum absolute atomic E-state index is 0.278. The molecular weight excluding hydrogens is 324 g/mol. The number of rotatable bonds is 2. The van der Waals surface area contributed by atoms with Crippen molar-refractivity contribution in [3.63, 3.8) is 0 Å². The van der Waals surface area contributed by atoms with Crippen LogP contribution in [0.25, 0.3) is 10.9 Å². The van der Waals surface area contributed by atoms with Crippen molar-refractivity contribution in [1.82, 2.24) is 9.88 Å². The van der Waals surface area contributed by atoms with Crippen molar-refractivity contribution in [2.45, 2.75) is 18.6 Å². The molecule has 0 fully saturated rings. The highest BCUT2D eigenvalue weighted by Crippen LogP contribution is 2.33. The van der Waals surface area contributed by atoms with Gasteiger partial charge in [-0.15, -0.1) is 0 Å². The molecular formula is C19H17ClN2O2. The first-order valence-electron chi connectivity index (χ1n) is 7.87. The van der Waals surface area contributed by atoms with Crippen LogP contribution in [0.4, 0.5) is 0 Å². The van der Waals surface area contributed by atoms with Crippen LogP contribution in [0, 0.1) is 0 Å². The molecule has 4 nitrogen and oxygen atoms in total. The van der Waals surface area contributed by atoms with Crippen molar-refractivity contribution in [3.8, 4) is 0 Å². The van der Waals surface area contributed by atoms with Crippen LogP contribution in [-0.4, -0.2) is 21.7 Å². The number of amides is 1. The highest BCUT2D eigenvalue weighted by molar-refractivity contribution is 6.38. The molecule has 24 heavy (non-hydrogen) atoms. The van der Waals surface area contributed by atoms with E-state index in [-0.39, 0.29) is 5.91 Å². The number of carbonyl (C=O) groups is 1. The fourth-order valence-corrected chi connectivity index (χ4v) is 3.93. The Morgan fingerprint density at radius 1 is 1.21 bits per heavy atom. The van der Waals surface area contributed by atoms with Gasteiger partial charge in [0.2, 0.25) is 0 Å². The lowest BCUT2D eigenvalue weighted by atomic mass is 10.1. The van der Waals surface area contributed by atoms with Crippen LogP contribution in [0.15, 0.2) is 48.5 Å². The number of nitrogens with zero attached hydrogens (tertiary/aromatic N) is 1. The summed E-state index contributed by atoms with van der Waals surface area (Å²) in [5, 5.41) is 14.6. The third kappa shape index (κ3) is 2.22. The molecule has 0 radical (unpaired) electrons. The largest absolute Gasteiger partial charge is 0.390 e. The first kappa shape index (κ1) is 15.2. The summed E-state index contributed by atoms with van der Waals surface area (Å²) in [6.45, 7) is 0. The zero-order chi connectivity index (χ0) is 16.8. The number of para-hydroxylation sites is 1. The van der Waals surface area contributed by atoms with E-state index in [4.69, 9.17) is 11.6 Å². The summed E-state index contributed by atoms with van der Waals surface area (Å²) in [5.74, 6) is -0.278. The van der Waals surface area contributed by atoms with Gasteiger partial charge >= 0.3 is 0 Å². The number of aryl methyl sites for hydroxylation is 1. The highest BCUT2D eigenvalue weighted by Gasteiger charge is 2.33. The number of aromatic nitrogens is 1. The number of nitrogens with one attached hydrogen (secondary N) is 1. The van der Waals surface area contributed by atoms with Gasteiger partial charge in [-0.25, -0.2) is 0 Å². The van der Waals surface area contributed by atoms with Gasteiger partial charge in [0, 0.05) is 24.4 Å². The van der Waals surface area contributed by atoms with Crippen molar-refractivity contribution in [3.05, 3.63) is 70.4 Å². The van der Waals surface area contributed by atoms with Crippen LogP contribution in [0.3, 0.4) is 0 Å². The summed E-state index contributed by atoms with van der Waals surface area (Å²) in [6, 6.07) is 15.0. The second-order valence-corrected chi connectivity index (χ2v) is 6.54. The third-order valence-corrected chi connectivity index (χ3v) is 5.13. The van der Waals surface area contributed by atoms with Gasteiger partial charge in [0.1, 0.15) is 5.69 Å². The van der Waals surface area contributed by atoms with Gasteiger partial charge in [-0.05, 0) is 17.2 Å². The molecule has 2 N–H and O–H groups in total. The Morgan fingerprint density at radius 2 is 1.92 bits per heavy atom. The molecule has 1 aliphatic carbocycles. The maximum Gasteiger partial charge on any atom is 0.270 e. The van der Waals surface area contributed by atoms with E-state index in [1.54, 1.807) is 4.57 Å². The minimum Gasteiger partial charge on any atom is -0.390 e. The van der Waals surface area contributed by atoms with E-state index in [0.717, 1.165) is 22.0 Å². The van der Waals surface area contributed by atoms with Crippen molar-refractivity contribution < 1.29 is 9.90 Å². The Balaban J connectivity index is 1.71. The summed E-state index contributed by atoms with van der Waals surface area (Å²) < 4.78 is 1.79. The average Bonchev–Trinajstić information content (AvgIpc) is 3.03. The monoisotopic (exact) mass is 340 g/mol. The number of hydrogen-bond donors (Lipinski definition) is 2. The van der Waals surface area contributed by atoms with Crippen LogP contribution >= 0.6 is 11.6 Å². The summed E-state index contributed by atoms with van der Waals surface area (Å²) in [5.41, 5.74) is 3.35. The van der Waals surface area contributed by atoms with Crippen LogP contribution in [0.1, 0.15) is 27.7 Å². The summed E-state index contributed by atoms with van der Waals surface area (Å²) >= 11 is 6.44. The summed E-state index contributed by atoms with van der Waals surface area (Å²) in [4.78, 5) is 12.8. The number of aliphatic hydroxyl groups is 1. The molecule has 1 amide bonds. The Morgan fingerprint density at radius 3 is 2.71 bits per heavy atom. The quantitative estimate of drug-likeness (QED) is 0.752. The predicted molar refractivity (Wildman–Crippen MR) is 94.3 cm³/mol. The number of halogens is 1. The molecule has 2 atom stereocenters. The summed E-state index contributed by atoms with van der Waals surface area (Å²) in [7, 11) is 1.82. The van der Waals surface area contributed by atoms with Crippen LogP contribution in [0.5, 0.6) is 0 Å². The van der Waals surface area contributed by atoms with E-state index in [0.29, 0.717) is 17.1 Å². The van der Waals surface area contributed by atoms with Gasteiger partial charge in [-0.3, -0.25) is 4.79 Å². The number of hydrogen-bond acceptors (Lipinski definition) is 2. The van der Waals surface area contributed by atoms with Crippen molar-refractivity contribution in [2.24, 2.45) is 7.05 Å². The zero-order valence-electron chi connectivity index (χ0n) is 13.2. The highest BCUT2D eigenvalue weighted by atomic mass is 35.5. The average molecular weight is 341 g/mol. The molecule has 1 aliphatic rings. The Bertz CT molecular complexity index is 909. The van der Waals surface area contributed by atoms with Gasteiger partial charge in [0.05, 0.1) is 17.2 Å². The number of carbonyl (C=O) groups excluding carboxylic acids is 1. The smallest absolute Gasteiger partial charge is 0.270 e. The van der Waals surface area contributed by atoms with Crippen molar-refractivity contribution in [2.75, 3.05) is 0 Å². The van der Waals surface area contributed by atoms with E-state index in [2.05, 4.69) is 5.32 Å². The minimum atomic E-state index is -0.625. The summed E-state index contributed by atoms with van der Waals surface area (Å²) in [6.07, 6.45) is -0.0796. The van der Waals surface area contributed by atoms with Gasteiger partial charge in [0.25, 0.3) is 5.91 Å². The topological polar surface area (TPSA) is 54.3 Å². The standard InChI is InChI=1S/C19H17ClN2O2/c1-22-14-9-5-4-8-13(14)16(20)18(22)19(24)21-17-12-7-3-2-6-11(12)10-15(17)23/h2-9,15,17,23H,10H2,1H3,(H,21,24). The van der Waals surface area contributed by atoms with E-state index >= 15 is 0 Å². The molecule has 3 aromatic rings. The maximum absolute atomic E-state index is 12.8. The molecule has 4 rings (SSSR count). The molecule has 0 spiro atoms. The van der Waals surface area contributed by atoms with Crippen molar-refractivity contribution in [1.29, 1.82) is 0 Å². The molecule has 1 aromatic heterocycles. The Kier molecular flexibility index (Phi) is 3.59. The van der Waals surface area contributed by atoms with E-state index in [9.17, 15) is 9.90 Å². The number of aliphatic hydroxyl groups excluding tert-OH is 1. The molecule has 122 valence electrons. The van der Waals surface area contributed by atoms with Gasteiger partial charge in [-0.1, -0.05) is 54.1 Å². The SMILES string of the molecule is Cn1c(C(=O)NC2c3ccccc3CC2O)c(Cl)c2ccccc21. The molecule has 0 aliphatic heterocycles. The molecule has 0 saturated carbocycles. The zero-order valence-corrected chi connectivity index (χ0v) is 13.9. The van der Waals surface area contributed by atoms with Gasteiger partial charge in [0.15, 0.2) is 0 Å². The molecule has 2 unspecified atom stereocenters. The lowest BCUT2D eigenvalue weighted by Gasteiger charge is -2.18. The Hall–Kier alpha value is -2.30. The number of benzene rings is 2. The molecule has 2 aromatic carbocycles. The fraction of sp³-hybridized carbons (Fsp3) is 0.211. The second kappa shape index (κ2) is 5.65. The maximum atomic E-state index is 12.8. The van der Waals surface area contributed by atoms with Crippen molar-refractivity contribution >= 4 is 28.4 Å². The molecule has 0 saturated heterocycles. The first-order chi connectivity index (χ1) is 11.6. The number of fused-ring (bicyclic) bond motifs is 2. The van der Waals surface area contributed by atoms with Crippen LogP contribution < -0.4 is 5.32 Å². The Labute approximate surface area is 144 Å². The van der Waals surface area contributed by atoms with Gasteiger partial charge in [-0.2, -0.15) is 0 Å². The molecule has 0 bridgehead atoms. The lowest BCUT2D eigenvalue weighted by molar-refractivity contribution is 0.0851. The predicted octanol–water partition coefficient (Wildman–Crippen LogP) is 3.22. The second-order valence-electron chi connectivity index (χ2n) is 6.16. The van der Waals surface area contributed by atoms with E-state index < -0.39 is 12.1 Å². The molecule has 1 heterocycles. The third-order valence-electron chi connectivity index (χ3n) is 4.75. The van der Waals surface area contributed by atoms with Gasteiger partial charge < -0.3 is 15.0 Å². The first-order valence-corrected chi connectivity index (χ1v) is 8.25. The normalized spacial score (nSPS) is 19.5.